The third kappa shape index (κ3) is 4.78. The fraction of sp³-hybridized carbons (Fsp3) is 0.800. The highest BCUT2D eigenvalue weighted by atomic mass is 16.2. The van der Waals surface area contributed by atoms with E-state index in [1.165, 1.54) is 0 Å². The summed E-state index contributed by atoms with van der Waals surface area (Å²) in [6.07, 6.45) is 0. The Hall–Kier alpha value is -1.10. The standard InChI is InChI=1S/C10H21N3O2/c1-5-12-9(14)7(4)13-10(15)8(11)6(2)3/h6-8H,5,11H2,1-4H3,(H,12,14)(H,13,15). The van der Waals surface area contributed by atoms with Gasteiger partial charge in [-0.3, -0.25) is 9.59 Å². The fourth-order valence-corrected chi connectivity index (χ4v) is 1.01. The molecule has 88 valence electrons. The summed E-state index contributed by atoms with van der Waals surface area (Å²) in [4.78, 5) is 22.8. The number of carbonyl (C=O) groups is 2. The molecule has 0 aromatic carbocycles. The lowest BCUT2D eigenvalue weighted by Crippen LogP contribution is -2.51. The average molecular weight is 215 g/mol. The summed E-state index contributed by atoms with van der Waals surface area (Å²) in [5, 5.41) is 5.19. The Labute approximate surface area is 90.8 Å². The number of hydrogen-bond donors (Lipinski definition) is 3. The average Bonchev–Trinajstić information content (AvgIpc) is 2.16. The molecule has 0 radical (unpaired) electrons. The van der Waals surface area contributed by atoms with E-state index in [1.807, 2.05) is 20.8 Å². The molecular weight excluding hydrogens is 194 g/mol. The van der Waals surface area contributed by atoms with Crippen LogP contribution >= 0.6 is 0 Å². The zero-order valence-corrected chi connectivity index (χ0v) is 9.83. The van der Waals surface area contributed by atoms with Crippen LogP contribution in [0.4, 0.5) is 0 Å². The van der Waals surface area contributed by atoms with Crippen molar-refractivity contribution in [2.45, 2.75) is 39.8 Å². The van der Waals surface area contributed by atoms with Gasteiger partial charge in [0.15, 0.2) is 0 Å². The van der Waals surface area contributed by atoms with Crippen LogP contribution in [0.5, 0.6) is 0 Å². The Bertz CT molecular complexity index is 229. The van der Waals surface area contributed by atoms with Crippen molar-refractivity contribution >= 4 is 11.8 Å². The van der Waals surface area contributed by atoms with Crippen molar-refractivity contribution < 1.29 is 9.59 Å². The largest absolute Gasteiger partial charge is 0.355 e. The van der Waals surface area contributed by atoms with Crippen LogP contribution in [0.15, 0.2) is 0 Å². The Morgan fingerprint density at radius 2 is 1.73 bits per heavy atom. The van der Waals surface area contributed by atoms with E-state index in [0.717, 1.165) is 0 Å². The van der Waals surface area contributed by atoms with Gasteiger partial charge in [-0.1, -0.05) is 13.8 Å². The van der Waals surface area contributed by atoms with E-state index in [0.29, 0.717) is 6.54 Å². The molecule has 15 heavy (non-hydrogen) atoms. The quantitative estimate of drug-likeness (QED) is 0.584. The molecule has 0 aliphatic heterocycles. The van der Waals surface area contributed by atoms with Crippen LogP contribution in [0.2, 0.25) is 0 Å². The normalized spacial score (nSPS) is 14.5. The first-order chi connectivity index (χ1) is 6.90. The summed E-state index contributed by atoms with van der Waals surface area (Å²) >= 11 is 0. The second-order valence-corrected chi connectivity index (χ2v) is 3.89. The van der Waals surface area contributed by atoms with Gasteiger partial charge in [0.05, 0.1) is 6.04 Å². The molecule has 4 N–H and O–H groups in total. The summed E-state index contributed by atoms with van der Waals surface area (Å²) in [5.74, 6) is -0.419. The van der Waals surface area contributed by atoms with Gasteiger partial charge >= 0.3 is 0 Å². The van der Waals surface area contributed by atoms with Crippen LogP contribution in [0.25, 0.3) is 0 Å². The van der Waals surface area contributed by atoms with Crippen molar-refractivity contribution in [1.29, 1.82) is 0 Å². The molecule has 5 heteroatoms. The first-order valence-corrected chi connectivity index (χ1v) is 5.23. The molecule has 2 unspecified atom stereocenters. The summed E-state index contributed by atoms with van der Waals surface area (Å²) in [5.41, 5.74) is 5.64. The lowest BCUT2D eigenvalue weighted by molar-refractivity contribution is -0.129. The molecule has 0 aromatic rings. The second kappa shape index (κ2) is 6.40. The molecule has 0 rings (SSSR count). The minimum Gasteiger partial charge on any atom is -0.355 e. The minimum absolute atomic E-state index is 0.0615. The van der Waals surface area contributed by atoms with E-state index in [4.69, 9.17) is 5.73 Å². The molecular formula is C10H21N3O2. The second-order valence-electron chi connectivity index (χ2n) is 3.89. The minimum atomic E-state index is -0.568. The van der Waals surface area contributed by atoms with Crippen LogP contribution in [0.1, 0.15) is 27.7 Å². The number of amides is 2. The summed E-state index contributed by atoms with van der Waals surface area (Å²) in [7, 11) is 0. The number of nitrogens with one attached hydrogen (secondary N) is 2. The van der Waals surface area contributed by atoms with Crippen LogP contribution in [0.3, 0.4) is 0 Å². The van der Waals surface area contributed by atoms with E-state index in [9.17, 15) is 9.59 Å². The predicted octanol–water partition coefficient (Wildman–Crippen LogP) is -0.389. The van der Waals surface area contributed by atoms with E-state index >= 15 is 0 Å². The summed E-state index contributed by atoms with van der Waals surface area (Å²) in [6, 6.07) is -1.11. The van der Waals surface area contributed by atoms with Gasteiger partial charge in [0.1, 0.15) is 6.04 Å². The lowest BCUT2D eigenvalue weighted by atomic mass is 10.0. The molecule has 0 saturated carbocycles. The fourth-order valence-electron chi connectivity index (χ4n) is 1.01. The number of rotatable bonds is 5. The van der Waals surface area contributed by atoms with Gasteiger partial charge in [0.2, 0.25) is 11.8 Å². The molecule has 2 amide bonds. The monoisotopic (exact) mass is 215 g/mol. The number of hydrogen-bond acceptors (Lipinski definition) is 3. The summed E-state index contributed by atoms with van der Waals surface area (Å²) in [6.45, 7) is 7.74. The SMILES string of the molecule is CCNC(=O)C(C)NC(=O)C(N)C(C)C. The lowest BCUT2D eigenvalue weighted by Gasteiger charge is -2.19. The molecule has 0 aliphatic carbocycles. The highest BCUT2D eigenvalue weighted by Gasteiger charge is 2.21. The van der Waals surface area contributed by atoms with Crippen LogP contribution in [-0.4, -0.2) is 30.4 Å². The van der Waals surface area contributed by atoms with Crippen LogP contribution in [0, 0.1) is 5.92 Å². The smallest absolute Gasteiger partial charge is 0.242 e. The van der Waals surface area contributed by atoms with Gasteiger partial charge in [-0.25, -0.2) is 0 Å². The Morgan fingerprint density at radius 1 is 1.20 bits per heavy atom. The van der Waals surface area contributed by atoms with Gasteiger partial charge in [0, 0.05) is 6.54 Å². The van der Waals surface area contributed by atoms with E-state index in [1.54, 1.807) is 6.92 Å². The van der Waals surface area contributed by atoms with Crippen molar-refractivity contribution in [2.75, 3.05) is 6.54 Å². The zero-order valence-electron chi connectivity index (χ0n) is 9.83. The highest BCUT2D eigenvalue weighted by Crippen LogP contribution is 1.98. The van der Waals surface area contributed by atoms with Crippen molar-refractivity contribution in [3.05, 3.63) is 0 Å². The molecule has 0 heterocycles. The summed E-state index contributed by atoms with van der Waals surface area (Å²) < 4.78 is 0. The van der Waals surface area contributed by atoms with E-state index in [-0.39, 0.29) is 17.7 Å². The first kappa shape index (κ1) is 13.9. The molecule has 2 atom stereocenters. The van der Waals surface area contributed by atoms with E-state index in [2.05, 4.69) is 10.6 Å². The molecule has 5 nitrogen and oxygen atoms in total. The Kier molecular flexibility index (Phi) is 5.93. The third-order valence-corrected chi connectivity index (χ3v) is 2.12. The number of nitrogens with two attached hydrogens (primary N) is 1. The highest BCUT2D eigenvalue weighted by molar-refractivity contribution is 5.89. The maximum absolute atomic E-state index is 11.5. The topological polar surface area (TPSA) is 84.2 Å². The molecule has 0 fully saturated rings. The van der Waals surface area contributed by atoms with Gasteiger partial charge < -0.3 is 16.4 Å². The molecule has 0 bridgehead atoms. The maximum atomic E-state index is 11.5. The van der Waals surface area contributed by atoms with Gasteiger partial charge in [-0.05, 0) is 19.8 Å². The van der Waals surface area contributed by atoms with Gasteiger partial charge in [0.25, 0.3) is 0 Å². The Balaban J connectivity index is 4.12. The van der Waals surface area contributed by atoms with Gasteiger partial charge in [-0.15, -0.1) is 0 Å². The zero-order chi connectivity index (χ0) is 12.0. The molecule has 0 saturated heterocycles. The predicted molar refractivity (Wildman–Crippen MR) is 59.1 cm³/mol. The van der Waals surface area contributed by atoms with Crippen molar-refractivity contribution in [3.63, 3.8) is 0 Å². The first-order valence-electron chi connectivity index (χ1n) is 5.23. The van der Waals surface area contributed by atoms with Crippen molar-refractivity contribution in [1.82, 2.24) is 10.6 Å². The van der Waals surface area contributed by atoms with E-state index < -0.39 is 12.1 Å². The molecule has 0 spiro atoms. The van der Waals surface area contributed by atoms with Crippen LogP contribution in [-0.2, 0) is 9.59 Å². The maximum Gasteiger partial charge on any atom is 0.242 e. The van der Waals surface area contributed by atoms with Crippen LogP contribution < -0.4 is 16.4 Å². The Morgan fingerprint density at radius 3 is 2.13 bits per heavy atom. The number of carbonyl (C=O) groups excluding carboxylic acids is 2. The third-order valence-electron chi connectivity index (χ3n) is 2.12. The van der Waals surface area contributed by atoms with Gasteiger partial charge in [-0.2, -0.15) is 0 Å². The van der Waals surface area contributed by atoms with Crippen molar-refractivity contribution in [3.8, 4) is 0 Å². The van der Waals surface area contributed by atoms with Crippen molar-refractivity contribution in [2.24, 2.45) is 11.7 Å². The molecule has 0 aromatic heterocycles. The number of likely N-dealkylation sites (N-methyl/N-ethyl adjacent to an activating group) is 1. The molecule has 0 aliphatic rings.